The molecular formula is C14H21N3. The number of hydrogen-bond donors (Lipinski definition) is 2. The Bertz CT molecular complexity index is 377. The highest BCUT2D eigenvalue weighted by Crippen LogP contribution is 2.23. The molecule has 0 atom stereocenters. The number of hydrogen-bond acceptors (Lipinski definition) is 1. The van der Waals surface area contributed by atoms with E-state index in [1.165, 1.54) is 31.2 Å². The van der Waals surface area contributed by atoms with Crippen molar-refractivity contribution < 1.29 is 0 Å². The van der Waals surface area contributed by atoms with E-state index in [1.807, 2.05) is 0 Å². The van der Waals surface area contributed by atoms with Gasteiger partial charge in [0.15, 0.2) is 5.96 Å². The van der Waals surface area contributed by atoms with Gasteiger partial charge in [-0.3, -0.25) is 0 Å². The molecule has 17 heavy (non-hydrogen) atoms. The first-order chi connectivity index (χ1) is 8.28. The number of aryl methyl sites for hydroxylation is 1. The van der Waals surface area contributed by atoms with Crippen molar-refractivity contribution in [3.05, 3.63) is 29.8 Å². The first kappa shape index (κ1) is 12.0. The van der Waals surface area contributed by atoms with Gasteiger partial charge in [-0.15, -0.1) is 0 Å². The molecule has 2 rings (SSSR count). The van der Waals surface area contributed by atoms with E-state index in [-0.39, 0.29) is 0 Å². The van der Waals surface area contributed by atoms with Crippen molar-refractivity contribution in [1.82, 2.24) is 0 Å². The normalized spacial score (nSPS) is 15.9. The summed E-state index contributed by atoms with van der Waals surface area (Å²) in [7, 11) is 0. The molecule has 0 aromatic heterocycles. The summed E-state index contributed by atoms with van der Waals surface area (Å²) < 4.78 is 0. The van der Waals surface area contributed by atoms with Gasteiger partial charge in [0.2, 0.25) is 0 Å². The number of anilines is 1. The fourth-order valence-corrected chi connectivity index (χ4v) is 1.72. The Balaban J connectivity index is 1.88. The first-order valence-electron chi connectivity index (χ1n) is 6.47. The molecule has 3 heteroatoms. The van der Waals surface area contributed by atoms with Crippen molar-refractivity contribution in [3.8, 4) is 0 Å². The molecule has 0 amide bonds. The number of guanidine groups is 1. The van der Waals surface area contributed by atoms with E-state index >= 15 is 0 Å². The van der Waals surface area contributed by atoms with Crippen molar-refractivity contribution in [3.63, 3.8) is 0 Å². The largest absolute Gasteiger partial charge is 0.370 e. The molecule has 1 aromatic carbocycles. The van der Waals surface area contributed by atoms with Crippen LogP contribution in [0.15, 0.2) is 29.3 Å². The zero-order chi connectivity index (χ0) is 12.1. The third kappa shape index (κ3) is 4.10. The van der Waals surface area contributed by atoms with Gasteiger partial charge in [0.1, 0.15) is 0 Å². The van der Waals surface area contributed by atoms with Gasteiger partial charge in [0.05, 0.1) is 6.04 Å². The van der Waals surface area contributed by atoms with Gasteiger partial charge >= 0.3 is 0 Å². The molecule has 0 bridgehead atoms. The molecule has 3 N–H and O–H groups in total. The molecule has 92 valence electrons. The highest BCUT2D eigenvalue weighted by atomic mass is 15.1. The van der Waals surface area contributed by atoms with E-state index < -0.39 is 0 Å². The second-order valence-electron chi connectivity index (χ2n) is 4.67. The Morgan fingerprint density at radius 1 is 1.35 bits per heavy atom. The summed E-state index contributed by atoms with van der Waals surface area (Å²) in [5, 5.41) is 3.12. The zero-order valence-corrected chi connectivity index (χ0v) is 10.4. The van der Waals surface area contributed by atoms with E-state index in [0.717, 1.165) is 12.1 Å². The predicted molar refractivity (Wildman–Crippen MR) is 73.3 cm³/mol. The van der Waals surface area contributed by atoms with Gasteiger partial charge < -0.3 is 11.1 Å². The number of nitrogens with two attached hydrogens (primary N) is 1. The van der Waals surface area contributed by atoms with Crippen LogP contribution in [0.3, 0.4) is 0 Å². The number of benzene rings is 1. The molecule has 3 nitrogen and oxygen atoms in total. The number of rotatable bonds is 5. The highest BCUT2D eigenvalue weighted by molar-refractivity contribution is 5.92. The van der Waals surface area contributed by atoms with E-state index in [0.29, 0.717) is 12.0 Å². The minimum atomic E-state index is 0.464. The van der Waals surface area contributed by atoms with Gasteiger partial charge in [0, 0.05) is 5.69 Å². The minimum Gasteiger partial charge on any atom is -0.370 e. The average molecular weight is 231 g/mol. The Labute approximate surface area is 103 Å². The summed E-state index contributed by atoms with van der Waals surface area (Å²) in [5.74, 6) is 0.536. The minimum absolute atomic E-state index is 0.464. The lowest BCUT2D eigenvalue weighted by Crippen LogP contribution is -2.22. The summed E-state index contributed by atoms with van der Waals surface area (Å²) >= 11 is 0. The lowest BCUT2D eigenvalue weighted by molar-refractivity contribution is 0.795. The van der Waals surface area contributed by atoms with Crippen molar-refractivity contribution in [2.24, 2.45) is 10.7 Å². The molecule has 0 unspecified atom stereocenters. The standard InChI is InChI=1S/C14H21N3/c1-2-3-4-11-5-7-12(8-6-11)16-14(15)17-13-9-10-13/h5-8,13H,2-4,9-10H2,1H3,(H3,15,16,17). The van der Waals surface area contributed by atoms with Crippen LogP contribution in [0, 0.1) is 0 Å². The average Bonchev–Trinajstić information content (AvgIpc) is 3.12. The van der Waals surface area contributed by atoms with Crippen LogP contribution in [0.5, 0.6) is 0 Å². The Morgan fingerprint density at radius 2 is 2.06 bits per heavy atom. The molecule has 0 spiro atoms. The topological polar surface area (TPSA) is 50.4 Å². The molecule has 0 radical (unpaired) electrons. The van der Waals surface area contributed by atoms with Crippen LogP contribution < -0.4 is 11.1 Å². The van der Waals surface area contributed by atoms with Crippen molar-refractivity contribution in [1.29, 1.82) is 0 Å². The van der Waals surface area contributed by atoms with E-state index in [4.69, 9.17) is 5.73 Å². The fourth-order valence-electron chi connectivity index (χ4n) is 1.72. The van der Waals surface area contributed by atoms with Crippen LogP contribution in [-0.2, 0) is 6.42 Å². The molecular weight excluding hydrogens is 210 g/mol. The molecule has 1 aliphatic rings. The van der Waals surface area contributed by atoms with Crippen molar-refractivity contribution in [2.45, 2.75) is 45.1 Å². The maximum absolute atomic E-state index is 5.80. The van der Waals surface area contributed by atoms with Crippen LogP contribution >= 0.6 is 0 Å². The highest BCUT2D eigenvalue weighted by Gasteiger charge is 2.20. The lowest BCUT2D eigenvalue weighted by atomic mass is 10.1. The lowest BCUT2D eigenvalue weighted by Gasteiger charge is -2.06. The Hall–Kier alpha value is -1.51. The van der Waals surface area contributed by atoms with E-state index in [1.54, 1.807) is 0 Å². The number of nitrogens with zero attached hydrogens (tertiary/aromatic N) is 1. The molecule has 1 aromatic rings. The summed E-state index contributed by atoms with van der Waals surface area (Å²) in [4.78, 5) is 4.34. The fraction of sp³-hybridized carbons (Fsp3) is 0.500. The monoisotopic (exact) mass is 231 g/mol. The van der Waals surface area contributed by atoms with Crippen LogP contribution in [0.4, 0.5) is 5.69 Å². The predicted octanol–water partition coefficient (Wildman–Crippen LogP) is 2.92. The summed E-state index contributed by atoms with van der Waals surface area (Å²) in [6, 6.07) is 8.91. The second-order valence-corrected chi connectivity index (χ2v) is 4.67. The third-order valence-electron chi connectivity index (χ3n) is 2.91. The number of nitrogens with one attached hydrogen (secondary N) is 1. The first-order valence-corrected chi connectivity index (χ1v) is 6.47. The molecule has 0 saturated heterocycles. The molecule has 1 aliphatic carbocycles. The Kier molecular flexibility index (Phi) is 4.02. The second kappa shape index (κ2) is 5.71. The summed E-state index contributed by atoms with van der Waals surface area (Å²) in [6.07, 6.45) is 6.00. The molecule has 1 fully saturated rings. The van der Waals surface area contributed by atoms with Crippen molar-refractivity contribution in [2.75, 3.05) is 5.32 Å². The quantitative estimate of drug-likeness (QED) is 0.604. The maximum atomic E-state index is 5.80. The summed E-state index contributed by atoms with van der Waals surface area (Å²) in [6.45, 7) is 2.21. The molecule has 0 aliphatic heterocycles. The van der Waals surface area contributed by atoms with E-state index in [2.05, 4.69) is 41.5 Å². The third-order valence-corrected chi connectivity index (χ3v) is 2.91. The molecule has 0 heterocycles. The summed E-state index contributed by atoms with van der Waals surface area (Å²) in [5.41, 5.74) is 8.21. The van der Waals surface area contributed by atoms with Gasteiger partial charge in [0.25, 0.3) is 0 Å². The molecule has 1 saturated carbocycles. The van der Waals surface area contributed by atoms with Gasteiger partial charge in [-0.2, -0.15) is 0 Å². The Morgan fingerprint density at radius 3 is 2.65 bits per heavy atom. The SMILES string of the molecule is CCCCc1ccc(NC(N)=NC2CC2)cc1. The van der Waals surface area contributed by atoms with Crippen LogP contribution in [-0.4, -0.2) is 12.0 Å². The zero-order valence-electron chi connectivity index (χ0n) is 10.4. The maximum Gasteiger partial charge on any atom is 0.193 e. The van der Waals surface area contributed by atoms with Crippen LogP contribution in [0.1, 0.15) is 38.2 Å². The van der Waals surface area contributed by atoms with Crippen molar-refractivity contribution >= 4 is 11.6 Å². The smallest absolute Gasteiger partial charge is 0.193 e. The van der Waals surface area contributed by atoms with Crippen LogP contribution in [0.2, 0.25) is 0 Å². The van der Waals surface area contributed by atoms with E-state index in [9.17, 15) is 0 Å². The van der Waals surface area contributed by atoms with Gasteiger partial charge in [-0.25, -0.2) is 4.99 Å². The number of unbranched alkanes of at least 4 members (excludes halogenated alkanes) is 1. The number of aliphatic imine (C=N–C) groups is 1. The van der Waals surface area contributed by atoms with Gasteiger partial charge in [-0.1, -0.05) is 25.5 Å². The van der Waals surface area contributed by atoms with Gasteiger partial charge in [-0.05, 0) is 43.4 Å². The van der Waals surface area contributed by atoms with Crippen LogP contribution in [0.25, 0.3) is 0 Å².